The number of carbonyl (C=O) groups is 1. The van der Waals surface area contributed by atoms with Gasteiger partial charge < -0.3 is 5.32 Å². The number of fused-ring (bicyclic) bond motifs is 1. The van der Waals surface area contributed by atoms with Crippen LogP contribution in [0, 0.1) is 0 Å². The van der Waals surface area contributed by atoms with Crippen LogP contribution in [-0.2, 0) is 11.3 Å². The molecule has 0 fully saturated rings. The van der Waals surface area contributed by atoms with E-state index in [1.807, 2.05) is 48.5 Å². The molecule has 3 aromatic rings. The van der Waals surface area contributed by atoms with Gasteiger partial charge in [-0.3, -0.25) is 4.79 Å². The standard InChI is InChI=1S/C14H11BrN4O/c15-10-4-3-5-11(8-10)16-14(20)9-19-13-7-2-1-6-12(13)17-18-19/h1-8H,9H2,(H,16,20). The van der Waals surface area contributed by atoms with Gasteiger partial charge in [-0.2, -0.15) is 0 Å². The third kappa shape index (κ3) is 2.70. The van der Waals surface area contributed by atoms with E-state index in [2.05, 4.69) is 31.6 Å². The largest absolute Gasteiger partial charge is 0.324 e. The number of hydrogen-bond acceptors (Lipinski definition) is 3. The Morgan fingerprint density at radius 1 is 1.20 bits per heavy atom. The van der Waals surface area contributed by atoms with Crippen molar-refractivity contribution in [1.82, 2.24) is 15.0 Å². The molecule has 0 aliphatic carbocycles. The van der Waals surface area contributed by atoms with E-state index >= 15 is 0 Å². The Balaban J connectivity index is 1.76. The van der Waals surface area contributed by atoms with Crippen LogP contribution in [0.15, 0.2) is 53.0 Å². The molecule has 6 heteroatoms. The molecule has 0 spiro atoms. The molecule has 2 aromatic carbocycles. The Labute approximate surface area is 123 Å². The van der Waals surface area contributed by atoms with Crippen LogP contribution < -0.4 is 5.32 Å². The maximum atomic E-state index is 12.0. The Morgan fingerprint density at radius 2 is 2.05 bits per heavy atom. The highest BCUT2D eigenvalue weighted by Gasteiger charge is 2.08. The summed E-state index contributed by atoms with van der Waals surface area (Å²) in [6.45, 7) is 0.132. The lowest BCUT2D eigenvalue weighted by molar-refractivity contribution is -0.116. The molecule has 1 heterocycles. The summed E-state index contributed by atoms with van der Waals surface area (Å²) >= 11 is 3.37. The number of hydrogen-bond donors (Lipinski definition) is 1. The summed E-state index contributed by atoms with van der Waals surface area (Å²) in [4.78, 5) is 12.0. The van der Waals surface area contributed by atoms with Crippen LogP contribution in [0.25, 0.3) is 11.0 Å². The van der Waals surface area contributed by atoms with E-state index in [-0.39, 0.29) is 12.5 Å². The van der Waals surface area contributed by atoms with Crippen molar-refractivity contribution in [2.75, 3.05) is 5.32 Å². The van der Waals surface area contributed by atoms with Gasteiger partial charge in [-0.05, 0) is 30.3 Å². The normalized spacial score (nSPS) is 10.7. The second-order valence-electron chi connectivity index (χ2n) is 4.29. The molecule has 0 saturated heterocycles. The number of nitrogens with one attached hydrogen (secondary N) is 1. The van der Waals surface area contributed by atoms with Crippen LogP contribution in [-0.4, -0.2) is 20.9 Å². The molecule has 3 rings (SSSR count). The number of para-hydroxylation sites is 1. The zero-order valence-electron chi connectivity index (χ0n) is 10.5. The first kappa shape index (κ1) is 12.8. The van der Waals surface area contributed by atoms with Crippen LogP contribution in [0.3, 0.4) is 0 Å². The lowest BCUT2D eigenvalue weighted by Crippen LogP contribution is -2.19. The second kappa shape index (κ2) is 5.42. The molecular weight excluding hydrogens is 320 g/mol. The highest BCUT2D eigenvalue weighted by atomic mass is 79.9. The third-order valence-electron chi connectivity index (χ3n) is 2.82. The Hall–Kier alpha value is -2.21. The number of halogens is 1. The molecule has 0 aliphatic heterocycles. The van der Waals surface area contributed by atoms with Gasteiger partial charge in [0.2, 0.25) is 5.91 Å². The van der Waals surface area contributed by atoms with Crippen molar-refractivity contribution in [2.45, 2.75) is 6.54 Å². The average molecular weight is 331 g/mol. The van der Waals surface area contributed by atoms with Crippen molar-refractivity contribution in [3.05, 3.63) is 53.0 Å². The molecule has 0 bridgehead atoms. The summed E-state index contributed by atoms with van der Waals surface area (Å²) in [6.07, 6.45) is 0. The minimum absolute atomic E-state index is 0.132. The molecule has 0 unspecified atom stereocenters. The Kier molecular flexibility index (Phi) is 3.47. The fraction of sp³-hybridized carbons (Fsp3) is 0.0714. The van der Waals surface area contributed by atoms with Crippen LogP contribution in [0.2, 0.25) is 0 Å². The Morgan fingerprint density at radius 3 is 2.90 bits per heavy atom. The van der Waals surface area contributed by atoms with Crippen molar-refractivity contribution < 1.29 is 4.79 Å². The van der Waals surface area contributed by atoms with Crippen molar-refractivity contribution in [3.8, 4) is 0 Å². The first-order valence-corrected chi connectivity index (χ1v) is 6.85. The Bertz CT molecular complexity index is 768. The highest BCUT2D eigenvalue weighted by molar-refractivity contribution is 9.10. The number of aromatic nitrogens is 3. The summed E-state index contributed by atoms with van der Waals surface area (Å²) in [6, 6.07) is 15.0. The third-order valence-corrected chi connectivity index (χ3v) is 3.32. The van der Waals surface area contributed by atoms with Gasteiger partial charge in [-0.1, -0.05) is 39.3 Å². The molecule has 20 heavy (non-hydrogen) atoms. The predicted octanol–water partition coefficient (Wildman–Crippen LogP) is 2.83. The summed E-state index contributed by atoms with van der Waals surface area (Å²) in [5, 5.41) is 10.8. The fourth-order valence-electron chi connectivity index (χ4n) is 1.94. The second-order valence-corrected chi connectivity index (χ2v) is 5.21. The van der Waals surface area contributed by atoms with E-state index in [4.69, 9.17) is 0 Å². The molecule has 0 aliphatic rings. The van der Waals surface area contributed by atoms with Crippen molar-refractivity contribution in [2.24, 2.45) is 0 Å². The lowest BCUT2D eigenvalue weighted by Gasteiger charge is -2.06. The smallest absolute Gasteiger partial charge is 0.246 e. The number of amides is 1. The number of benzene rings is 2. The van der Waals surface area contributed by atoms with Gasteiger partial charge in [0.1, 0.15) is 12.1 Å². The summed E-state index contributed by atoms with van der Waals surface area (Å²) in [7, 11) is 0. The molecule has 5 nitrogen and oxygen atoms in total. The lowest BCUT2D eigenvalue weighted by atomic mass is 10.3. The van der Waals surface area contributed by atoms with Crippen LogP contribution >= 0.6 is 15.9 Å². The van der Waals surface area contributed by atoms with E-state index in [0.717, 1.165) is 21.2 Å². The van der Waals surface area contributed by atoms with Gasteiger partial charge in [0.15, 0.2) is 0 Å². The van der Waals surface area contributed by atoms with Gasteiger partial charge >= 0.3 is 0 Å². The quantitative estimate of drug-likeness (QED) is 0.803. The molecule has 1 aromatic heterocycles. The maximum Gasteiger partial charge on any atom is 0.246 e. The van der Waals surface area contributed by atoms with Gasteiger partial charge in [-0.15, -0.1) is 5.10 Å². The molecular formula is C14H11BrN4O. The van der Waals surface area contributed by atoms with Gasteiger partial charge in [-0.25, -0.2) is 4.68 Å². The van der Waals surface area contributed by atoms with E-state index in [1.54, 1.807) is 4.68 Å². The van der Waals surface area contributed by atoms with E-state index in [0.29, 0.717) is 0 Å². The highest BCUT2D eigenvalue weighted by Crippen LogP contribution is 2.16. The van der Waals surface area contributed by atoms with E-state index in [1.165, 1.54) is 0 Å². The number of nitrogens with zero attached hydrogens (tertiary/aromatic N) is 3. The number of rotatable bonds is 3. The molecule has 100 valence electrons. The molecule has 0 radical (unpaired) electrons. The van der Waals surface area contributed by atoms with E-state index < -0.39 is 0 Å². The first-order valence-electron chi connectivity index (χ1n) is 6.06. The van der Waals surface area contributed by atoms with Gasteiger partial charge in [0.25, 0.3) is 0 Å². The predicted molar refractivity (Wildman–Crippen MR) is 80.3 cm³/mol. The molecule has 1 N–H and O–H groups in total. The monoisotopic (exact) mass is 330 g/mol. The zero-order chi connectivity index (χ0) is 13.9. The van der Waals surface area contributed by atoms with E-state index in [9.17, 15) is 4.79 Å². The topological polar surface area (TPSA) is 59.8 Å². The minimum atomic E-state index is -0.140. The number of carbonyl (C=O) groups excluding carboxylic acids is 1. The maximum absolute atomic E-state index is 12.0. The van der Waals surface area contributed by atoms with Crippen molar-refractivity contribution >= 4 is 38.6 Å². The van der Waals surface area contributed by atoms with Crippen molar-refractivity contribution in [1.29, 1.82) is 0 Å². The summed E-state index contributed by atoms with van der Waals surface area (Å²) < 4.78 is 2.50. The number of anilines is 1. The average Bonchev–Trinajstić information content (AvgIpc) is 2.82. The molecule has 1 amide bonds. The zero-order valence-corrected chi connectivity index (χ0v) is 12.0. The summed E-state index contributed by atoms with van der Waals surface area (Å²) in [5.41, 5.74) is 2.37. The minimum Gasteiger partial charge on any atom is -0.324 e. The van der Waals surface area contributed by atoms with Crippen LogP contribution in [0.1, 0.15) is 0 Å². The van der Waals surface area contributed by atoms with Crippen LogP contribution in [0.4, 0.5) is 5.69 Å². The summed E-state index contributed by atoms with van der Waals surface area (Å²) in [5.74, 6) is -0.140. The molecule has 0 atom stereocenters. The SMILES string of the molecule is O=C(Cn1nnc2ccccc21)Nc1cccc(Br)c1. The first-order chi connectivity index (χ1) is 9.72. The van der Waals surface area contributed by atoms with Gasteiger partial charge in [0.05, 0.1) is 5.52 Å². The van der Waals surface area contributed by atoms with Crippen LogP contribution in [0.5, 0.6) is 0 Å². The molecule has 0 saturated carbocycles. The van der Waals surface area contributed by atoms with Gasteiger partial charge in [0, 0.05) is 10.2 Å². The van der Waals surface area contributed by atoms with Crippen molar-refractivity contribution in [3.63, 3.8) is 0 Å². The fourth-order valence-corrected chi connectivity index (χ4v) is 2.34.